The predicted octanol–water partition coefficient (Wildman–Crippen LogP) is 4.04. The number of non-ortho nitro benzene ring substituents is 1. The van der Waals surface area contributed by atoms with Gasteiger partial charge in [0.25, 0.3) is 5.69 Å². The van der Waals surface area contributed by atoms with Crippen LogP contribution in [-0.2, 0) is 5.41 Å². The molecule has 2 atom stereocenters. The van der Waals surface area contributed by atoms with Crippen molar-refractivity contribution in [2.45, 2.75) is 24.7 Å². The molecule has 0 saturated heterocycles. The van der Waals surface area contributed by atoms with Crippen LogP contribution in [0.4, 0.5) is 5.69 Å². The predicted molar refractivity (Wildman–Crippen MR) is 74.2 cm³/mol. The zero-order valence-electron chi connectivity index (χ0n) is 10.7. The minimum absolute atomic E-state index is 0.122. The molecule has 0 amide bonds. The summed E-state index contributed by atoms with van der Waals surface area (Å²) in [6, 6.07) is 17.4. The Bertz CT molecular complexity index is 606. The third-order valence-corrected chi connectivity index (χ3v) is 4.18. The lowest BCUT2D eigenvalue weighted by Crippen LogP contribution is -2.03. The normalized spacial score (nSPS) is 25.0. The van der Waals surface area contributed by atoms with E-state index >= 15 is 0 Å². The zero-order valence-corrected chi connectivity index (χ0v) is 10.7. The van der Waals surface area contributed by atoms with Crippen LogP contribution in [0.5, 0.6) is 0 Å². The van der Waals surface area contributed by atoms with Crippen LogP contribution in [0.3, 0.4) is 0 Å². The van der Waals surface area contributed by atoms with Crippen molar-refractivity contribution in [3.8, 4) is 0 Å². The Morgan fingerprint density at radius 1 is 1.11 bits per heavy atom. The molecular formula is C16H15NO2. The molecule has 3 heteroatoms. The molecule has 0 unspecified atom stereocenters. The zero-order chi connectivity index (χ0) is 13.5. The fourth-order valence-corrected chi connectivity index (χ4v) is 2.82. The number of hydrogen-bond acceptors (Lipinski definition) is 2. The van der Waals surface area contributed by atoms with Crippen LogP contribution in [0.1, 0.15) is 30.4 Å². The van der Waals surface area contributed by atoms with Gasteiger partial charge < -0.3 is 0 Å². The molecule has 19 heavy (non-hydrogen) atoms. The molecule has 0 spiro atoms. The van der Waals surface area contributed by atoms with Gasteiger partial charge in [-0.25, -0.2) is 0 Å². The molecule has 3 nitrogen and oxygen atoms in total. The van der Waals surface area contributed by atoms with Gasteiger partial charge in [0.2, 0.25) is 0 Å². The summed E-state index contributed by atoms with van der Waals surface area (Å²) in [6.07, 6.45) is 1.11. The molecule has 0 bridgehead atoms. The number of benzene rings is 2. The summed E-state index contributed by atoms with van der Waals surface area (Å²) in [7, 11) is 0. The highest BCUT2D eigenvalue weighted by molar-refractivity contribution is 5.45. The molecule has 1 aliphatic carbocycles. The van der Waals surface area contributed by atoms with E-state index in [4.69, 9.17) is 0 Å². The smallest absolute Gasteiger partial charge is 0.258 e. The highest BCUT2D eigenvalue weighted by atomic mass is 16.6. The number of nitrogens with zero attached hydrogens (tertiary/aromatic N) is 1. The highest BCUT2D eigenvalue weighted by Crippen LogP contribution is 2.60. The molecular weight excluding hydrogens is 238 g/mol. The van der Waals surface area contributed by atoms with E-state index in [0.29, 0.717) is 5.92 Å². The van der Waals surface area contributed by atoms with Gasteiger partial charge in [0.05, 0.1) is 4.92 Å². The Labute approximate surface area is 112 Å². The maximum Gasteiger partial charge on any atom is 0.269 e. The maximum absolute atomic E-state index is 10.7. The van der Waals surface area contributed by atoms with Crippen molar-refractivity contribution in [2.75, 3.05) is 0 Å². The largest absolute Gasteiger partial charge is 0.269 e. The van der Waals surface area contributed by atoms with Crippen LogP contribution in [0.2, 0.25) is 0 Å². The van der Waals surface area contributed by atoms with E-state index in [2.05, 4.69) is 31.2 Å². The van der Waals surface area contributed by atoms with Gasteiger partial charge in [-0.1, -0.05) is 49.4 Å². The second-order valence-corrected chi connectivity index (χ2v) is 5.39. The number of nitro benzene ring substituents is 1. The van der Waals surface area contributed by atoms with Gasteiger partial charge >= 0.3 is 0 Å². The van der Waals surface area contributed by atoms with Crippen molar-refractivity contribution in [3.63, 3.8) is 0 Å². The fourth-order valence-electron chi connectivity index (χ4n) is 2.82. The average molecular weight is 253 g/mol. The van der Waals surface area contributed by atoms with Crippen molar-refractivity contribution < 1.29 is 4.92 Å². The Hall–Kier alpha value is -2.16. The van der Waals surface area contributed by atoms with Crippen molar-refractivity contribution in [2.24, 2.45) is 0 Å². The first-order valence-corrected chi connectivity index (χ1v) is 6.41. The van der Waals surface area contributed by atoms with E-state index in [0.717, 1.165) is 6.42 Å². The minimum Gasteiger partial charge on any atom is -0.258 e. The van der Waals surface area contributed by atoms with Gasteiger partial charge in [-0.05, 0) is 28.9 Å². The van der Waals surface area contributed by atoms with Crippen LogP contribution in [0.25, 0.3) is 0 Å². The SMILES string of the molecule is C[C@]1(c2ccc([N+](=O)[O-])cc2)C[C@@H]1c1ccccc1. The molecule has 0 aromatic heterocycles. The summed E-state index contributed by atoms with van der Waals surface area (Å²) >= 11 is 0. The summed E-state index contributed by atoms with van der Waals surface area (Å²) in [5.74, 6) is 0.523. The number of nitro groups is 1. The topological polar surface area (TPSA) is 43.1 Å². The van der Waals surface area contributed by atoms with Gasteiger partial charge in [0, 0.05) is 12.1 Å². The summed E-state index contributed by atoms with van der Waals surface area (Å²) in [4.78, 5) is 10.3. The van der Waals surface area contributed by atoms with Crippen molar-refractivity contribution in [1.29, 1.82) is 0 Å². The third kappa shape index (κ3) is 2.01. The van der Waals surface area contributed by atoms with Crippen LogP contribution in [0.15, 0.2) is 54.6 Å². The van der Waals surface area contributed by atoms with Gasteiger partial charge in [0.15, 0.2) is 0 Å². The molecule has 2 aromatic carbocycles. The fraction of sp³-hybridized carbons (Fsp3) is 0.250. The molecule has 0 radical (unpaired) electrons. The molecule has 2 aromatic rings. The monoisotopic (exact) mass is 253 g/mol. The van der Waals surface area contributed by atoms with Crippen LogP contribution < -0.4 is 0 Å². The Morgan fingerprint density at radius 2 is 1.74 bits per heavy atom. The molecule has 0 aliphatic heterocycles. The van der Waals surface area contributed by atoms with E-state index in [1.807, 2.05) is 18.2 Å². The van der Waals surface area contributed by atoms with Crippen molar-refractivity contribution >= 4 is 5.69 Å². The van der Waals surface area contributed by atoms with Gasteiger partial charge in [-0.3, -0.25) is 10.1 Å². The van der Waals surface area contributed by atoms with Gasteiger partial charge in [0.1, 0.15) is 0 Å². The quantitative estimate of drug-likeness (QED) is 0.612. The lowest BCUT2D eigenvalue weighted by atomic mass is 9.92. The van der Waals surface area contributed by atoms with Crippen LogP contribution in [0, 0.1) is 10.1 Å². The second kappa shape index (κ2) is 4.19. The van der Waals surface area contributed by atoms with E-state index in [9.17, 15) is 10.1 Å². The Balaban J connectivity index is 1.86. The summed E-state index contributed by atoms with van der Waals surface area (Å²) in [6.45, 7) is 2.23. The molecule has 0 N–H and O–H groups in total. The molecule has 96 valence electrons. The number of hydrogen-bond donors (Lipinski definition) is 0. The molecule has 0 heterocycles. The van der Waals surface area contributed by atoms with E-state index in [1.54, 1.807) is 12.1 Å². The molecule has 1 saturated carbocycles. The maximum atomic E-state index is 10.7. The van der Waals surface area contributed by atoms with E-state index < -0.39 is 0 Å². The standard InChI is InChI=1S/C16H15NO2/c1-16(11-15(16)12-5-3-2-4-6-12)13-7-9-14(10-8-13)17(18)19/h2-10,15H,11H2,1H3/t15-,16-/m1/s1. The lowest BCUT2D eigenvalue weighted by Gasteiger charge is -2.11. The van der Waals surface area contributed by atoms with Crippen LogP contribution >= 0.6 is 0 Å². The molecule has 3 rings (SSSR count). The number of rotatable bonds is 3. The molecule has 1 aliphatic rings. The second-order valence-electron chi connectivity index (χ2n) is 5.39. The first-order valence-electron chi connectivity index (χ1n) is 6.41. The first kappa shape index (κ1) is 11.9. The minimum atomic E-state index is -0.353. The lowest BCUT2D eigenvalue weighted by molar-refractivity contribution is -0.384. The van der Waals surface area contributed by atoms with Gasteiger partial charge in [-0.15, -0.1) is 0 Å². The third-order valence-electron chi connectivity index (χ3n) is 4.18. The molecule has 1 fully saturated rings. The van der Waals surface area contributed by atoms with Gasteiger partial charge in [-0.2, -0.15) is 0 Å². The van der Waals surface area contributed by atoms with E-state index in [1.165, 1.54) is 11.1 Å². The Morgan fingerprint density at radius 3 is 2.32 bits per heavy atom. The van der Waals surface area contributed by atoms with E-state index in [-0.39, 0.29) is 16.0 Å². The summed E-state index contributed by atoms with van der Waals surface area (Å²) < 4.78 is 0. The van der Waals surface area contributed by atoms with Crippen LogP contribution in [-0.4, -0.2) is 4.92 Å². The highest BCUT2D eigenvalue weighted by Gasteiger charge is 2.51. The average Bonchev–Trinajstić information content (AvgIpc) is 3.14. The summed E-state index contributed by atoms with van der Waals surface area (Å²) in [5, 5.41) is 10.7. The summed E-state index contributed by atoms with van der Waals surface area (Å²) in [5.41, 5.74) is 2.82. The first-order chi connectivity index (χ1) is 9.11. The van der Waals surface area contributed by atoms with Crippen molar-refractivity contribution in [1.82, 2.24) is 0 Å². The van der Waals surface area contributed by atoms with Crippen molar-refractivity contribution in [3.05, 3.63) is 75.8 Å². The Kier molecular flexibility index (Phi) is 2.63.